The molecule has 0 spiro atoms. The van der Waals surface area contributed by atoms with E-state index >= 15 is 0 Å². The van der Waals surface area contributed by atoms with Crippen molar-refractivity contribution in [1.82, 2.24) is 9.97 Å². The fourth-order valence-corrected chi connectivity index (χ4v) is 3.04. The Morgan fingerprint density at radius 2 is 1.76 bits per heavy atom. The number of aromatic nitrogens is 2. The van der Waals surface area contributed by atoms with E-state index in [9.17, 15) is 0 Å². The normalized spacial score (nSPS) is 14.7. The molecule has 21 heavy (non-hydrogen) atoms. The topological polar surface area (TPSA) is 29.0 Å². The van der Waals surface area contributed by atoms with Crippen LogP contribution in [0.15, 0.2) is 30.3 Å². The summed E-state index contributed by atoms with van der Waals surface area (Å²) < 4.78 is 0. The number of rotatable bonds is 3. The van der Waals surface area contributed by atoms with Gasteiger partial charge in [0.15, 0.2) is 0 Å². The van der Waals surface area contributed by atoms with Gasteiger partial charge in [-0.15, -0.1) is 0 Å². The smallest absolute Gasteiger partial charge is 0.134 e. The Balaban J connectivity index is 1.82. The Bertz CT molecular complexity index is 600. The number of aryl methyl sites for hydroxylation is 1. The van der Waals surface area contributed by atoms with E-state index in [0.29, 0.717) is 5.15 Å². The van der Waals surface area contributed by atoms with Crippen LogP contribution >= 0.6 is 11.6 Å². The van der Waals surface area contributed by atoms with Crippen molar-refractivity contribution in [3.63, 3.8) is 0 Å². The van der Waals surface area contributed by atoms with E-state index in [1.807, 2.05) is 6.07 Å². The van der Waals surface area contributed by atoms with Crippen LogP contribution in [0.4, 0.5) is 5.82 Å². The highest BCUT2D eigenvalue weighted by Crippen LogP contribution is 2.21. The lowest BCUT2D eigenvalue weighted by Gasteiger charge is -2.22. The molecule has 110 valence electrons. The van der Waals surface area contributed by atoms with Gasteiger partial charge in [0.05, 0.1) is 0 Å². The Hall–Kier alpha value is -1.61. The quantitative estimate of drug-likeness (QED) is 0.810. The molecule has 1 aliphatic heterocycles. The Kier molecular flexibility index (Phi) is 4.39. The van der Waals surface area contributed by atoms with Gasteiger partial charge in [0.1, 0.15) is 16.8 Å². The van der Waals surface area contributed by atoms with Crippen LogP contribution in [0.3, 0.4) is 0 Å². The second kappa shape index (κ2) is 6.44. The summed E-state index contributed by atoms with van der Waals surface area (Å²) in [7, 11) is 0. The lowest BCUT2D eigenvalue weighted by Crippen LogP contribution is -2.27. The number of fused-ring (bicyclic) bond motifs is 1. The maximum absolute atomic E-state index is 6.16. The maximum Gasteiger partial charge on any atom is 0.134 e. The molecule has 0 saturated heterocycles. The third-order valence-corrected chi connectivity index (χ3v) is 4.14. The molecule has 1 aliphatic rings. The molecule has 0 bridgehead atoms. The number of nitrogens with zero attached hydrogens (tertiary/aromatic N) is 3. The van der Waals surface area contributed by atoms with E-state index < -0.39 is 0 Å². The van der Waals surface area contributed by atoms with Crippen LogP contribution in [0.2, 0.25) is 5.15 Å². The average molecular weight is 302 g/mol. The lowest BCUT2D eigenvalue weighted by molar-refractivity contribution is 0.767. The van der Waals surface area contributed by atoms with E-state index in [4.69, 9.17) is 11.6 Å². The molecule has 0 amide bonds. The van der Waals surface area contributed by atoms with Gasteiger partial charge >= 0.3 is 0 Å². The molecule has 0 N–H and O–H groups in total. The molecule has 1 aromatic carbocycles. The molecule has 0 unspecified atom stereocenters. The minimum absolute atomic E-state index is 0.546. The summed E-state index contributed by atoms with van der Waals surface area (Å²) in [6.45, 7) is 4.10. The molecule has 2 heterocycles. The van der Waals surface area contributed by atoms with E-state index in [1.165, 1.54) is 11.1 Å². The number of hydrogen-bond acceptors (Lipinski definition) is 3. The molecule has 0 atom stereocenters. The highest BCUT2D eigenvalue weighted by atomic mass is 35.5. The van der Waals surface area contributed by atoms with Crippen molar-refractivity contribution in [3.8, 4) is 0 Å². The summed E-state index contributed by atoms with van der Waals surface area (Å²) in [4.78, 5) is 11.3. The highest BCUT2D eigenvalue weighted by molar-refractivity contribution is 6.29. The van der Waals surface area contributed by atoms with E-state index in [1.54, 1.807) is 0 Å². The molecular weight excluding hydrogens is 282 g/mol. The van der Waals surface area contributed by atoms with Crippen molar-refractivity contribution in [1.29, 1.82) is 0 Å². The van der Waals surface area contributed by atoms with Crippen molar-refractivity contribution in [2.24, 2.45) is 0 Å². The first-order valence-corrected chi connectivity index (χ1v) is 7.99. The van der Waals surface area contributed by atoms with Crippen molar-refractivity contribution < 1.29 is 0 Å². The summed E-state index contributed by atoms with van der Waals surface area (Å²) in [6.07, 6.45) is 4.02. The van der Waals surface area contributed by atoms with E-state index in [2.05, 4.69) is 46.1 Å². The molecule has 3 nitrogen and oxygen atoms in total. The summed E-state index contributed by atoms with van der Waals surface area (Å²) in [5.74, 6) is 1.81. The summed E-state index contributed by atoms with van der Waals surface area (Å²) in [5, 5.41) is 0.546. The van der Waals surface area contributed by atoms with Gasteiger partial charge in [-0.3, -0.25) is 0 Å². The van der Waals surface area contributed by atoms with E-state index in [0.717, 1.165) is 50.4 Å². The van der Waals surface area contributed by atoms with Crippen molar-refractivity contribution in [3.05, 3.63) is 52.4 Å². The standard InChI is InChI=1S/C17H20ClN3/c1-2-5-16-19-15(18)12-17(20-16)21-10-8-13-6-3-4-7-14(13)9-11-21/h3-4,6-7,12H,2,5,8-11H2,1H3. The van der Waals surface area contributed by atoms with Crippen LogP contribution in [-0.2, 0) is 19.3 Å². The molecule has 0 fully saturated rings. The minimum atomic E-state index is 0.546. The predicted octanol–water partition coefficient (Wildman–Crippen LogP) is 3.69. The Labute approximate surface area is 131 Å². The predicted molar refractivity (Wildman–Crippen MR) is 87.1 cm³/mol. The zero-order valence-corrected chi connectivity index (χ0v) is 13.1. The average Bonchev–Trinajstić information content (AvgIpc) is 2.69. The highest BCUT2D eigenvalue weighted by Gasteiger charge is 2.16. The molecule has 0 radical (unpaired) electrons. The first kappa shape index (κ1) is 14.3. The lowest BCUT2D eigenvalue weighted by atomic mass is 10.0. The van der Waals surface area contributed by atoms with Gasteiger partial charge in [-0.1, -0.05) is 42.8 Å². The Morgan fingerprint density at radius 1 is 1.10 bits per heavy atom. The molecule has 4 heteroatoms. The summed E-state index contributed by atoms with van der Waals surface area (Å²) >= 11 is 6.16. The van der Waals surface area contributed by atoms with Crippen LogP contribution in [0.5, 0.6) is 0 Å². The zero-order chi connectivity index (χ0) is 14.7. The van der Waals surface area contributed by atoms with Gasteiger partial charge < -0.3 is 4.90 Å². The van der Waals surface area contributed by atoms with Crippen molar-refractivity contribution in [2.45, 2.75) is 32.6 Å². The molecule has 2 aromatic rings. The summed E-state index contributed by atoms with van der Waals surface area (Å²) in [5.41, 5.74) is 2.91. The maximum atomic E-state index is 6.16. The molecular formula is C17H20ClN3. The molecule has 0 saturated carbocycles. The van der Waals surface area contributed by atoms with Gasteiger partial charge in [0.25, 0.3) is 0 Å². The van der Waals surface area contributed by atoms with E-state index in [-0.39, 0.29) is 0 Å². The zero-order valence-electron chi connectivity index (χ0n) is 12.3. The van der Waals surface area contributed by atoms with Crippen molar-refractivity contribution >= 4 is 17.4 Å². The van der Waals surface area contributed by atoms with Crippen LogP contribution in [0, 0.1) is 0 Å². The second-order valence-corrected chi connectivity index (χ2v) is 5.86. The van der Waals surface area contributed by atoms with Gasteiger partial charge in [0, 0.05) is 25.6 Å². The van der Waals surface area contributed by atoms with Crippen LogP contribution in [0.1, 0.15) is 30.3 Å². The van der Waals surface area contributed by atoms with Gasteiger partial charge in [0.2, 0.25) is 0 Å². The minimum Gasteiger partial charge on any atom is -0.356 e. The summed E-state index contributed by atoms with van der Waals surface area (Å²) in [6, 6.07) is 10.6. The van der Waals surface area contributed by atoms with Crippen LogP contribution < -0.4 is 4.90 Å². The number of halogens is 1. The molecule has 1 aromatic heterocycles. The molecule has 3 rings (SSSR count). The van der Waals surface area contributed by atoms with Gasteiger partial charge in [-0.2, -0.15) is 0 Å². The van der Waals surface area contributed by atoms with Gasteiger partial charge in [-0.25, -0.2) is 9.97 Å². The van der Waals surface area contributed by atoms with Crippen LogP contribution in [0.25, 0.3) is 0 Å². The second-order valence-electron chi connectivity index (χ2n) is 5.47. The van der Waals surface area contributed by atoms with Crippen LogP contribution in [-0.4, -0.2) is 23.1 Å². The van der Waals surface area contributed by atoms with Crippen molar-refractivity contribution in [2.75, 3.05) is 18.0 Å². The molecule has 0 aliphatic carbocycles. The third kappa shape index (κ3) is 3.35. The van der Waals surface area contributed by atoms with Gasteiger partial charge in [-0.05, 0) is 30.4 Å². The third-order valence-electron chi connectivity index (χ3n) is 3.95. The SMILES string of the molecule is CCCc1nc(Cl)cc(N2CCc3ccccc3CC2)n1. The monoisotopic (exact) mass is 301 g/mol. The first-order chi connectivity index (χ1) is 10.3. The number of benzene rings is 1. The fraction of sp³-hybridized carbons (Fsp3) is 0.412. The number of anilines is 1. The first-order valence-electron chi connectivity index (χ1n) is 7.61. The fourth-order valence-electron chi connectivity index (χ4n) is 2.85. The Morgan fingerprint density at radius 3 is 2.38 bits per heavy atom. The largest absolute Gasteiger partial charge is 0.356 e. The number of hydrogen-bond donors (Lipinski definition) is 0.